The Hall–Kier alpha value is -1.50. The molecule has 0 unspecified atom stereocenters. The fourth-order valence-electron chi connectivity index (χ4n) is 0.879. The lowest BCUT2D eigenvalue weighted by atomic mass is 10.1. The molecule has 13 heavy (non-hydrogen) atoms. The Morgan fingerprint density at radius 1 is 1.38 bits per heavy atom. The summed E-state index contributed by atoms with van der Waals surface area (Å²) < 4.78 is 36.3. The molecule has 0 aliphatic heterocycles. The molecule has 0 saturated carbocycles. The zero-order valence-electron chi connectivity index (χ0n) is 6.52. The van der Waals surface area contributed by atoms with E-state index in [9.17, 15) is 13.2 Å². The van der Waals surface area contributed by atoms with Crippen LogP contribution in [0, 0.1) is 17.4 Å². The summed E-state index contributed by atoms with van der Waals surface area (Å²) in [6, 6.07) is 7.32. The van der Waals surface area contributed by atoms with Gasteiger partial charge in [-0.25, -0.2) is 0 Å². The van der Waals surface area contributed by atoms with Crippen molar-refractivity contribution < 1.29 is 13.2 Å². The lowest BCUT2D eigenvalue weighted by Crippen LogP contribution is -2.05. The molecule has 1 aromatic rings. The van der Waals surface area contributed by atoms with Gasteiger partial charge in [-0.3, -0.25) is 0 Å². The number of hydrogen-bond acceptors (Lipinski definition) is 1. The van der Waals surface area contributed by atoms with Gasteiger partial charge in [-0.2, -0.15) is 18.4 Å². The molecule has 1 radical (unpaired) electrons. The van der Waals surface area contributed by atoms with Crippen LogP contribution in [-0.2, 0) is 12.6 Å². The highest BCUT2D eigenvalue weighted by Crippen LogP contribution is 2.29. The number of rotatable bonds is 1. The highest BCUT2D eigenvalue weighted by Gasteiger charge is 2.30. The molecule has 0 amide bonds. The fraction of sp³-hybridized carbons (Fsp3) is 0.222. The topological polar surface area (TPSA) is 23.8 Å². The summed E-state index contributed by atoms with van der Waals surface area (Å²) in [7, 11) is 0. The molecule has 0 atom stereocenters. The predicted octanol–water partition coefficient (Wildman–Crippen LogP) is 2.57. The summed E-state index contributed by atoms with van der Waals surface area (Å²) >= 11 is 0. The lowest BCUT2D eigenvalue weighted by Gasteiger charge is -2.06. The van der Waals surface area contributed by atoms with Crippen molar-refractivity contribution in [2.75, 3.05) is 0 Å². The van der Waals surface area contributed by atoms with Gasteiger partial charge in [0.25, 0.3) is 0 Å². The molecule has 0 N–H and O–H groups in total. The number of nitriles is 1. The van der Waals surface area contributed by atoms with Gasteiger partial charge in [0.15, 0.2) is 0 Å². The Balaban J connectivity index is 3.00. The van der Waals surface area contributed by atoms with Gasteiger partial charge in [0.05, 0.1) is 18.1 Å². The van der Waals surface area contributed by atoms with Gasteiger partial charge in [0, 0.05) is 0 Å². The summed E-state index contributed by atoms with van der Waals surface area (Å²) in [6.45, 7) is 0. The summed E-state index contributed by atoms with van der Waals surface area (Å²) in [4.78, 5) is 0. The van der Waals surface area contributed by atoms with E-state index in [1.165, 1.54) is 6.07 Å². The third kappa shape index (κ3) is 2.48. The van der Waals surface area contributed by atoms with E-state index in [4.69, 9.17) is 5.26 Å². The Morgan fingerprint density at radius 3 is 2.62 bits per heavy atom. The number of halogens is 3. The maximum absolute atomic E-state index is 12.1. The summed E-state index contributed by atoms with van der Waals surface area (Å²) in [5, 5.41) is 8.27. The van der Waals surface area contributed by atoms with Crippen LogP contribution in [0.15, 0.2) is 18.2 Å². The van der Waals surface area contributed by atoms with Gasteiger partial charge in [-0.05, 0) is 23.8 Å². The van der Waals surface area contributed by atoms with E-state index in [0.717, 1.165) is 12.1 Å². The Kier molecular flexibility index (Phi) is 2.57. The molecule has 1 nitrogen and oxygen atoms in total. The highest BCUT2D eigenvalue weighted by molar-refractivity contribution is 5.26. The van der Waals surface area contributed by atoms with E-state index in [0.29, 0.717) is 5.56 Å². The first kappa shape index (κ1) is 9.59. The second-order valence-electron chi connectivity index (χ2n) is 2.46. The molecule has 0 bridgehead atoms. The van der Waals surface area contributed by atoms with Crippen molar-refractivity contribution in [1.82, 2.24) is 0 Å². The molecule has 0 heterocycles. The minimum absolute atomic E-state index is 0.0274. The van der Waals surface area contributed by atoms with Crippen LogP contribution in [0.3, 0.4) is 0 Å². The largest absolute Gasteiger partial charge is 0.416 e. The van der Waals surface area contributed by atoms with E-state index in [-0.39, 0.29) is 6.42 Å². The number of nitrogens with zero attached hydrogens (tertiary/aromatic N) is 1. The Morgan fingerprint density at radius 2 is 2.08 bits per heavy atom. The minimum Gasteiger partial charge on any atom is -0.198 e. The Bertz CT molecular complexity index is 335. The van der Waals surface area contributed by atoms with Crippen LogP contribution in [0.2, 0.25) is 0 Å². The molecule has 1 rings (SSSR count). The van der Waals surface area contributed by atoms with Crippen LogP contribution in [0.5, 0.6) is 0 Å². The second kappa shape index (κ2) is 3.48. The standard InChI is InChI=1S/C9H5F3N/c10-9(11,12)8-3-1-2-7(6-8)4-5-13/h2-3,6H,4H2. The van der Waals surface area contributed by atoms with E-state index >= 15 is 0 Å². The SMILES string of the molecule is N#CCc1c[c]cc(C(F)(F)F)c1. The third-order valence-electron chi connectivity index (χ3n) is 1.46. The molecule has 0 fully saturated rings. The molecule has 0 aromatic heterocycles. The quantitative estimate of drug-likeness (QED) is 0.658. The van der Waals surface area contributed by atoms with Gasteiger partial charge in [-0.15, -0.1) is 0 Å². The molecule has 0 aliphatic carbocycles. The molecule has 0 aliphatic rings. The van der Waals surface area contributed by atoms with Gasteiger partial charge in [-0.1, -0.05) is 6.07 Å². The molecule has 4 heteroatoms. The maximum atomic E-state index is 12.1. The van der Waals surface area contributed by atoms with Gasteiger partial charge in [0.2, 0.25) is 0 Å². The zero-order chi connectivity index (χ0) is 9.90. The summed E-state index contributed by atoms with van der Waals surface area (Å²) in [6.07, 6.45) is -4.39. The molecular weight excluding hydrogens is 179 g/mol. The van der Waals surface area contributed by atoms with Crippen LogP contribution < -0.4 is 0 Å². The van der Waals surface area contributed by atoms with E-state index in [1.807, 2.05) is 0 Å². The number of alkyl halides is 3. The molecular formula is C9H5F3N. The van der Waals surface area contributed by atoms with E-state index in [1.54, 1.807) is 6.07 Å². The van der Waals surface area contributed by atoms with E-state index in [2.05, 4.69) is 6.07 Å². The highest BCUT2D eigenvalue weighted by atomic mass is 19.4. The van der Waals surface area contributed by atoms with Crippen molar-refractivity contribution in [3.05, 3.63) is 35.4 Å². The maximum Gasteiger partial charge on any atom is 0.416 e. The van der Waals surface area contributed by atoms with E-state index < -0.39 is 11.7 Å². The van der Waals surface area contributed by atoms with Crippen LogP contribution >= 0.6 is 0 Å². The average Bonchev–Trinajstić information content (AvgIpc) is 2.04. The van der Waals surface area contributed by atoms with Gasteiger partial charge < -0.3 is 0 Å². The summed E-state index contributed by atoms with van der Waals surface area (Å²) in [5.41, 5.74) is -0.433. The van der Waals surface area contributed by atoms with Crippen LogP contribution in [0.4, 0.5) is 13.2 Å². The smallest absolute Gasteiger partial charge is 0.198 e. The minimum atomic E-state index is -4.36. The predicted molar refractivity (Wildman–Crippen MR) is 39.6 cm³/mol. The van der Waals surface area contributed by atoms with Crippen molar-refractivity contribution in [2.24, 2.45) is 0 Å². The van der Waals surface area contributed by atoms with Crippen LogP contribution in [0.25, 0.3) is 0 Å². The number of hydrogen-bond donors (Lipinski definition) is 0. The second-order valence-corrected chi connectivity index (χ2v) is 2.46. The number of benzene rings is 1. The molecule has 0 spiro atoms. The fourth-order valence-corrected chi connectivity index (χ4v) is 0.879. The third-order valence-corrected chi connectivity index (χ3v) is 1.46. The molecule has 67 valence electrons. The summed E-state index contributed by atoms with van der Waals surface area (Å²) in [5.74, 6) is 0. The van der Waals surface area contributed by atoms with Crippen molar-refractivity contribution >= 4 is 0 Å². The molecule has 0 saturated heterocycles. The van der Waals surface area contributed by atoms with Crippen molar-refractivity contribution in [3.8, 4) is 6.07 Å². The van der Waals surface area contributed by atoms with Crippen molar-refractivity contribution in [2.45, 2.75) is 12.6 Å². The normalized spacial score (nSPS) is 10.9. The van der Waals surface area contributed by atoms with Gasteiger partial charge in [0.1, 0.15) is 0 Å². The first-order chi connectivity index (χ1) is 6.04. The average molecular weight is 184 g/mol. The zero-order valence-corrected chi connectivity index (χ0v) is 6.52. The monoisotopic (exact) mass is 184 g/mol. The first-order valence-corrected chi connectivity index (χ1v) is 3.48. The van der Waals surface area contributed by atoms with Crippen LogP contribution in [-0.4, -0.2) is 0 Å². The lowest BCUT2D eigenvalue weighted by molar-refractivity contribution is -0.137. The molecule has 1 aromatic carbocycles. The van der Waals surface area contributed by atoms with Gasteiger partial charge >= 0.3 is 6.18 Å². The first-order valence-electron chi connectivity index (χ1n) is 3.48. The van der Waals surface area contributed by atoms with Crippen molar-refractivity contribution in [3.63, 3.8) is 0 Å². The van der Waals surface area contributed by atoms with Crippen molar-refractivity contribution in [1.29, 1.82) is 5.26 Å². The Labute approximate surface area is 73.4 Å². The van der Waals surface area contributed by atoms with Crippen LogP contribution in [0.1, 0.15) is 11.1 Å².